The van der Waals surface area contributed by atoms with Crippen LogP contribution in [0.3, 0.4) is 0 Å². The van der Waals surface area contributed by atoms with Gasteiger partial charge in [-0.2, -0.15) is 0 Å². The van der Waals surface area contributed by atoms with Gasteiger partial charge in [0.15, 0.2) is 11.0 Å². The van der Waals surface area contributed by atoms with Gasteiger partial charge in [-0.15, -0.1) is 10.2 Å². The van der Waals surface area contributed by atoms with Crippen LogP contribution in [0.2, 0.25) is 5.02 Å². The maximum Gasteiger partial charge on any atom is 0.324 e. The fraction of sp³-hybridized carbons (Fsp3) is 0.238. The molecule has 0 radical (unpaired) electrons. The van der Waals surface area contributed by atoms with Crippen LogP contribution >= 0.6 is 23.4 Å². The number of halogens is 1. The number of carbonyl (C=O) groups excluding carboxylic acids is 2. The number of amides is 3. The van der Waals surface area contributed by atoms with Gasteiger partial charge in [0.25, 0.3) is 0 Å². The molecule has 10 heteroatoms. The van der Waals surface area contributed by atoms with Crippen molar-refractivity contribution in [2.45, 2.75) is 12.1 Å². The minimum atomic E-state index is -0.365. The van der Waals surface area contributed by atoms with Gasteiger partial charge < -0.3 is 10.1 Å². The predicted molar refractivity (Wildman–Crippen MR) is 119 cm³/mol. The molecule has 31 heavy (non-hydrogen) atoms. The number of rotatable bonds is 7. The number of hydrogen-bond acceptors (Lipinski definition) is 6. The zero-order valence-corrected chi connectivity index (χ0v) is 18.3. The Morgan fingerprint density at radius 2 is 1.97 bits per heavy atom. The molecule has 2 heterocycles. The Morgan fingerprint density at radius 1 is 1.19 bits per heavy atom. The number of thioether (sulfide) groups is 1. The fourth-order valence-electron chi connectivity index (χ4n) is 3.19. The summed E-state index contributed by atoms with van der Waals surface area (Å²) in [6.07, 6.45) is 0. The van der Waals surface area contributed by atoms with Gasteiger partial charge in [-0.25, -0.2) is 4.79 Å². The van der Waals surface area contributed by atoms with Gasteiger partial charge in [0.05, 0.1) is 17.4 Å². The summed E-state index contributed by atoms with van der Waals surface area (Å²) in [5.74, 6) is 1.10. The molecule has 1 aliphatic rings. The van der Waals surface area contributed by atoms with E-state index in [9.17, 15) is 9.59 Å². The lowest BCUT2D eigenvalue weighted by Gasteiger charge is -2.13. The minimum Gasteiger partial charge on any atom is -0.494 e. The monoisotopic (exact) mass is 457 g/mol. The van der Waals surface area contributed by atoms with E-state index < -0.39 is 0 Å². The van der Waals surface area contributed by atoms with Crippen molar-refractivity contribution < 1.29 is 14.3 Å². The molecule has 0 unspecified atom stereocenters. The minimum absolute atomic E-state index is 0.0606. The van der Waals surface area contributed by atoms with Gasteiger partial charge in [-0.3, -0.25) is 14.3 Å². The Hall–Kier alpha value is -3.04. The third-order valence-corrected chi connectivity index (χ3v) is 5.88. The standard InChI is InChI=1S/C21H20ClN5O3S/c1-2-30-15-9-7-14(8-10-15)27-19(16-5-3-4-6-17(16)22)24-25-21(27)31-13-18(28)26-12-11-23-20(26)29/h3-10H,2,11-13H2,1H3,(H,23,29). The van der Waals surface area contributed by atoms with E-state index in [0.29, 0.717) is 35.7 Å². The first-order chi connectivity index (χ1) is 15.1. The fourth-order valence-corrected chi connectivity index (χ4v) is 4.23. The topological polar surface area (TPSA) is 89.4 Å². The summed E-state index contributed by atoms with van der Waals surface area (Å²) in [6, 6.07) is 14.5. The SMILES string of the molecule is CCOc1ccc(-n2c(SCC(=O)N3CCNC3=O)nnc2-c2ccccc2Cl)cc1. The predicted octanol–water partition coefficient (Wildman–Crippen LogP) is 3.63. The average Bonchev–Trinajstić information content (AvgIpc) is 3.39. The van der Waals surface area contributed by atoms with Crippen LogP contribution in [0, 0.1) is 0 Å². The Morgan fingerprint density at radius 3 is 2.65 bits per heavy atom. The normalized spacial score (nSPS) is 13.4. The molecule has 0 saturated carbocycles. The molecule has 160 valence electrons. The van der Waals surface area contributed by atoms with Gasteiger partial charge in [-0.05, 0) is 43.3 Å². The van der Waals surface area contributed by atoms with Crippen LogP contribution in [0.25, 0.3) is 17.1 Å². The van der Waals surface area contributed by atoms with Gasteiger partial charge in [0.1, 0.15) is 5.75 Å². The van der Waals surface area contributed by atoms with Crippen molar-refractivity contribution >= 4 is 35.3 Å². The summed E-state index contributed by atoms with van der Waals surface area (Å²) in [5, 5.41) is 12.3. The molecule has 8 nitrogen and oxygen atoms in total. The number of ether oxygens (including phenoxy) is 1. The lowest BCUT2D eigenvalue weighted by Crippen LogP contribution is -2.35. The molecule has 0 aliphatic carbocycles. The average molecular weight is 458 g/mol. The van der Waals surface area contributed by atoms with Crippen LogP contribution in [0.15, 0.2) is 53.7 Å². The summed E-state index contributed by atoms with van der Waals surface area (Å²) < 4.78 is 7.38. The van der Waals surface area contributed by atoms with Crippen molar-refractivity contribution in [1.82, 2.24) is 25.0 Å². The number of nitrogens with zero attached hydrogens (tertiary/aromatic N) is 4. The molecule has 3 amide bonds. The highest BCUT2D eigenvalue weighted by Gasteiger charge is 2.27. The molecule has 1 saturated heterocycles. The van der Waals surface area contributed by atoms with Gasteiger partial charge >= 0.3 is 6.03 Å². The number of hydrogen-bond donors (Lipinski definition) is 1. The second-order valence-corrected chi connectivity index (χ2v) is 7.96. The Kier molecular flexibility index (Phi) is 6.43. The molecule has 4 rings (SSSR count). The molecule has 0 bridgehead atoms. The third kappa shape index (κ3) is 4.52. The van der Waals surface area contributed by atoms with Gasteiger partial charge in [-0.1, -0.05) is 35.5 Å². The van der Waals surface area contributed by atoms with Gasteiger partial charge in [0.2, 0.25) is 5.91 Å². The van der Waals surface area contributed by atoms with Crippen molar-refractivity contribution in [2.75, 3.05) is 25.4 Å². The van der Waals surface area contributed by atoms with Crippen LogP contribution in [-0.4, -0.2) is 57.1 Å². The Labute approximate surface area is 188 Å². The highest BCUT2D eigenvalue weighted by atomic mass is 35.5. The number of nitrogens with one attached hydrogen (secondary N) is 1. The highest BCUT2D eigenvalue weighted by Crippen LogP contribution is 2.32. The largest absolute Gasteiger partial charge is 0.494 e. The molecule has 2 aromatic carbocycles. The molecule has 1 N–H and O–H groups in total. The molecule has 0 atom stereocenters. The zero-order chi connectivity index (χ0) is 21.8. The summed E-state index contributed by atoms with van der Waals surface area (Å²) in [6.45, 7) is 3.34. The van der Waals surface area contributed by atoms with Gasteiger partial charge in [0, 0.05) is 24.3 Å². The summed E-state index contributed by atoms with van der Waals surface area (Å²) >= 11 is 7.63. The molecule has 1 fully saturated rings. The quantitative estimate of drug-likeness (QED) is 0.545. The van der Waals surface area contributed by atoms with Crippen LogP contribution in [0.4, 0.5) is 4.79 Å². The molecular weight excluding hydrogens is 438 g/mol. The molecule has 1 aliphatic heterocycles. The van der Waals surface area contributed by atoms with E-state index in [4.69, 9.17) is 16.3 Å². The number of urea groups is 1. The lowest BCUT2D eigenvalue weighted by atomic mass is 10.2. The maximum absolute atomic E-state index is 12.5. The van der Waals surface area contributed by atoms with Crippen LogP contribution in [-0.2, 0) is 4.79 Å². The number of imide groups is 1. The molecular formula is C21H20ClN5O3S. The second-order valence-electron chi connectivity index (χ2n) is 6.61. The smallest absolute Gasteiger partial charge is 0.324 e. The summed E-state index contributed by atoms with van der Waals surface area (Å²) in [4.78, 5) is 25.4. The van der Waals surface area contributed by atoms with Crippen LogP contribution < -0.4 is 10.1 Å². The second kappa shape index (κ2) is 9.40. The number of aromatic nitrogens is 3. The first kappa shape index (κ1) is 21.2. The van der Waals surface area contributed by atoms with Crippen molar-refractivity contribution in [3.63, 3.8) is 0 Å². The van der Waals surface area contributed by atoms with E-state index >= 15 is 0 Å². The number of benzene rings is 2. The van der Waals surface area contributed by atoms with E-state index in [1.165, 1.54) is 16.7 Å². The molecule has 0 spiro atoms. The van der Waals surface area contributed by atoms with Crippen molar-refractivity contribution in [1.29, 1.82) is 0 Å². The third-order valence-electron chi connectivity index (χ3n) is 4.64. The van der Waals surface area contributed by atoms with E-state index in [0.717, 1.165) is 17.0 Å². The summed E-state index contributed by atoms with van der Waals surface area (Å²) in [7, 11) is 0. The number of carbonyl (C=O) groups is 2. The van der Waals surface area contributed by atoms with Crippen molar-refractivity contribution in [3.8, 4) is 22.8 Å². The highest BCUT2D eigenvalue weighted by molar-refractivity contribution is 7.99. The van der Waals surface area contributed by atoms with E-state index in [2.05, 4.69) is 15.5 Å². The molecule has 1 aromatic heterocycles. The van der Waals surface area contributed by atoms with Crippen LogP contribution in [0.1, 0.15) is 6.92 Å². The van der Waals surface area contributed by atoms with Crippen LogP contribution in [0.5, 0.6) is 5.75 Å². The Balaban J connectivity index is 1.67. The summed E-state index contributed by atoms with van der Waals surface area (Å²) in [5.41, 5.74) is 1.53. The molecule has 3 aromatic rings. The maximum atomic E-state index is 12.5. The van der Waals surface area contributed by atoms with E-state index in [-0.39, 0.29) is 17.7 Å². The lowest BCUT2D eigenvalue weighted by molar-refractivity contribution is -0.124. The van der Waals surface area contributed by atoms with Crippen molar-refractivity contribution in [3.05, 3.63) is 53.6 Å². The zero-order valence-electron chi connectivity index (χ0n) is 16.7. The van der Waals surface area contributed by atoms with E-state index in [1.54, 1.807) is 6.07 Å². The van der Waals surface area contributed by atoms with Crippen molar-refractivity contribution in [2.24, 2.45) is 0 Å². The van der Waals surface area contributed by atoms with E-state index in [1.807, 2.05) is 54.0 Å². The first-order valence-electron chi connectivity index (χ1n) is 9.73. The Bertz CT molecular complexity index is 1100. The first-order valence-corrected chi connectivity index (χ1v) is 11.1.